The molecule has 3 heterocycles. The minimum Gasteiger partial charge on any atom is -0.342 e. The highest BCUT2D eigenvalue weighted by Crippen LogP contribution is 2.46. The van der Waals surface area contributed by atoms with Gasteiger partial charge in [0.05, 0.1) is 10.8 Å². The molecule has 2 atom stereocenters. The first-order chi connectivity index (χ1) is 20.4. The van der Waals surface area contributed by atoms with Crippen molar-refractivity contribution >= 4 is 35.3 Å². The number of carbonyl (C=O) groups is 3. The molecule has 0 aliphatic carbocycles. The van der Waals surface area contributed by atoms with Gasteiger partial charge in [-0.05, 0) is 61.4 Å². The Morgan fingerprint density at radius 1 is 1.07 bits per heavy atom. The Balaban J connectivity index is 1.23. The van der Waals surface area contributed by atoms with Crippen LogP contribution in [0.2, 0.25) is 0 Å². The van der Waals surface area contributed by atoms with Gasteiger partial charge >= 0.3 is 12.2 Å². The first-order valence-electron chi connectivity index (χ1n) is 14.7. The number of amides is 4. The lowest BCUT2D eigenvalue weighted by Crippen LogP contribution is -2.50. The molecule has 0 bridgehead atoms. The molecule has 4 amide bonds. The monoisotopic (exact) mass is 620 g/mol. The predicted molar refractivity (Wildman–Crippen MR) is 157 cm³/mol. The van der Waals surface area contributed by atoms with Gasteiger partial charge in [0.25, 0.3) is 0 Å². The summed E-state index contributed by atoms with van der Waals surface area (Å²) in [5.74, 6) is -1.20. The van der Waals surface area contributed by atoms with Gasteiger partial charge in [0.2, 0.25) is 11.8 Å². The number of halogens is 4. The van der Waals surface area contributed by atoms with Gasteiger partial charge in [-0.3, -0.25) is 9.59 Å². The van der Waals surface area contributed by atoms with Crippen molar-refractivity contribution in [1.29, 1.82) is 0 Å². The van der Waals surface area contributed by atoms with Crippen LogP contribution < -0.4 is 5.32 Å². The Labute approximate surface area is 253 Å². The Bertz CT molecular complexity index is 1360. The van der Waals surface area contributed by atoms with Gasteiger partial charge in [-0.25, -0.2) is 9.18 Å². The SMILES string of the molecule is CC(C)CCN1C(=O)C(CC(=O)N2CCC(N3CCc4ccccc4NC3=O)CC2)SC1c1cc(C(F)(F)F)ccc1F. The lowest BCUT2D eigenvalue weighted by atomic mass is 10.0. The highest BCUT2D eigenvalue weighted by atomic mass is 32.2. The number of fused-ring (bicyclic) bond motifs is 1. The number of nitrogens with zero attached hydrogens (tertiary/aromatic N) is 3. The number of nitrogens with one attached hydrogen (secondary N) is 1. The van der Waals surface area contributed by atoms with E-state index in [0.29, 0.717) is 45.0 Å². The summed E-state index contributed by atoms with van der Waals surface area (Å²) in [5.41, 5.74) is 0.707. The molecule has 1 N–H and O–H groups in total. The number of rotatable bonds is 7. The average Bonchev–Trinajstić information content (AvgIpc) is 3.15. The number of carbonyl (C=O) groups excluding carboxylic acids is 3. The van der Waals surface area contributed by atoms with Crippen molar-refractivity contribution in [2.75, 3.05) is 31.5 Å². The van der Waals surface area contributed by atoms with Gasteiger partial charge in [0, 0.05) is 49.9 Å². The van der Waals surface area contributed by atoms with Gasteiger partial charge < -0.3 is 20.0 Å². The third kappa shape index (κ3) is 6.94. The number of hydrogen-bond acceptors (Lipinski definition) is 4. The number of para-hydroxylation sites is 1. The van der Waals surface area contributed by atoms with Gasteiger partial charge in [-0.2, -0.15) is 13.2 Å². The maximum absolute atomic E-state index is 14.9. The van der Waals surface area contributed by atoms with Crippen LogP contribution in [0.15, 0.2) is 42.5 Å². The molecule has 0 spiro atoms. The first-order valence-corrected chi connectivity index (χ1v) is 15.6. The van der Waals surface area contributed by atoms with E-state index in [0.717, 1.165) is 41.6 Å². The van der Waals surface area contributed by atoms with Crippen molar-refractivity contribution in [3.8, 4) is 0 Å². The molecule has 5 rings (SSSR count). The molecule has 2 unspecified atom stereocenters. The Morgan fingerprint density at radius 3 is 2.49 bits per heavy atom. The highest BCUT2D eigenvalue weighted by Gasteiger charge is 2.44. The van der Waals surface area contributed by atoms with Gasteiger partial charge in [0.1, 0.15) is 11.2 Å². The fourth-order valence-electron chi connectivity index (χ4n) is 5.95. The molecular formula is C31H36F4N4O3S. The highest BCUT2D eigenvalue weighted by molar-refractivity contribution is 8.01. The second kappa shape index (κ2) is 12.8. The summed E-state index contributed by atoms with van der Waals surface area (Å²) < 4.78 is 55.2. The number of piperidine rings is 1. The quantitative estimate of drug-likeness (QED) is 0.369. The van der Waals surface area contributed by atoms with Crippen LogP contribution in [0.3, 0.4) is 0 Å². The zero-order valence-electron chi connectivity index (χ0n) is 24.2. The van der Waals surface area contributed by atoms with Crippen LogP contribution in [0.1, 0.15) is 61.6 Å². The Morgan fingerprint density at radius 2 is 1.79 bits per heavy atom. The van der Waals surface area contributed by atoms with Gasteiger partial charge in [0.15, 0.2) is 0 Å². The molecule has 2 saturated heterocycles. The average molecular weight is 621 g/mol. The molecule has 0 radical (unpaired) electrons. The molecule has 3 aliphatic heterocycles. The second-order valence-electron chi connectivity index (χ2n) is 11.8. The van der Waals surface area contributed by atoms with Crippen molar-refractivity contribution in [2.45, 2.75) is 68.8 Å². The van der Waals surface area contributed by atoms with Crippen LogP contribution >= 0.6 is 11.8 Å². The molecule has 43 heavy (non-hydrogen) atoms. The standard InChI is InChI=1S/C31H36F4N4O3S/c1-19(2)9-15-39-28(41)26(43-29(39)23-17-21(31(33,34)35)7-8-24(23)32)18-27(40)37-13-11-22(12-14-37)38-16-10-20-5-3-4-6-25(20)36-30(38)42/h3-8,17,19,22,26,29H,9-16,18H2,1-2H3,(H,36,42). The summed E-state index contributed by atoms with van der Waals surface area (Å²) in [5, 5.41) is 1.20. The van der Waals surface area contributed by atoms with E-state index in [2.05, 4.69) is 5.32 Å². The number of anilines is 1. The summed E-state index contributed by atoms with van der Waals surface area (Å²) in [6.07, 6.45) is -2.26. The minimum atomic E-state index is -4.65. The number of hydrogen-bond donors (Lipinski definition) is 1. The van der Waals surface area contributed by atoms with Crippen LogP contribution in [-0.4, -0.2) is 70.0 Å². The van der Waals surface area contributed by atoms with E-state index in [1.807, 2.05) is 43.0 Å². The summed E-state index contributed by atoms with van der Waals surface area (Å²) in [4.78, 5) is 44.7. The summed E-state index contributed by atoms with van der Waals surface area (Å²) in [6.45, 7) is 5.61. The van der Waals surface area contributed by atoms with Crippen molar-refractivity contribution in [3.05, 3.63) is 65.0 Å². The van der Waals surface area contributed by atoms with Crippen LogP contribution in [0, 0.1) is 11.7 Å². The van der Waals surface area contributed by atoms with E-state index in [1.54, 1.807) is 4.90 Å². The molecule has 2 fully saturated rings. The lowest BCUT2D eigenvalue weighted by Gasteiger charge is -2.38. The molecule has 0 aromatic heterocycles. The smallest absolute Gasteiger partial charge is 0.342 e. The van der Waals surface area contributed by atoms with E-state index in [4.69, 9.17) is 0 Å². The van der Waals surface area contributed by atoms with Gasteiger partial charge in [-0.1, -0.05) is 32.0 Å². The molecule has 2 aromatic rings. The number of urea groups is 1. The molecule has 12 heteroatoms. The molecule has 7 nitrogen and oxygen atoms in total. The zero-order valence-corrected chi connectivity index (χ0v) is 25.0. The maximum Gasteiger partial charge on any atom is 0.416 e. The van der Waals surface area contributed by atoms with E-state index in [-0.39, 0.29) is 48.3 Å². The molecule has 232 valence electrons. The van der Waals surface area contributed by atoms with E-state index >= 15 is 0 Å². The predicted octanol–water partition coefficient (Wildman–Crippen LogP) is 6.30. The minimum absolute atomic E-state index is 0.0272. The molecule has 3 aliphatic rings. The largest absolute Gasteiger partial charge is 0.416 e. The lowest BCUT2D eigenvalue weighted by molar-refractivity contribution is -0.138. The van der Waals surface area contributed by atoms with Crippen molar-refractivity contribution in [1.82, 2.24) is 14.7 Å². The number of thioether (sulfide) groups is 1. The summed E-state index contributed by atoms with van der Waals surface area (Å²) >= 11 is 1.04. The fraction of sp³-hybridized carbons (Fsp3) is 0.516. The van der Waals surface area contributed by atoms with E-state index < -0.39 is 28.2 Å². The maximum atomic E-state index is 14.9. The molecule has 2 aromatic carbocycles. The number of benzene rings is 2. The first kappa shape index (κ1) is 31.2. The molecular weight excluding hydrogens is 584 g/mol. The van der Waals surface area contributed by atoms with Crippen molar-refractivity contribution in [2.24, 2.45) is 5.92 Å². The Kier molecular flexibility index (Phi) is 9.24. The van der Waals surface area contributed by atoms with Crippen LogP contribution in [-0.2, 0) is 22.2 Å². The summed E-state index contributed by atoms with van der Waals surface area (Å²) in [7, 11) is 0. The van der Waals surface area contributed by atoms with E-state index in [1.165, 1.54) is 4.90 Å². The van der Waals surface area contributed by atoms with Crippen LogP contribution in [0.4, 0.5) is 28.0 Å². The van der Waals surface area contributed by atoms with Crippen LogP contribution in [0.25, 0.3) is 0 Å². The van der Waals surface area contributed by atoms with Crippen molar-refractivity contribution < 1.29 is 31.9 Å². The fourth-order valence-corrected chi connectivity index (χ4v) is 7.44. The van der Waals surface area contributed by atoms with Gasteiger partial charge in [-0.15, -0.1) is 11.8 Å². The summed E-state index contributed by atoms with van der Waals surface area (Å²) in [6, 6.07) is 9.78. The van der Waals surface area contributed by atoms with Crippen LogP contribution in [0.5, 0.6) is 0 Å². The van der Waals surface area contributed by atoms with E-state index in [9.17, 15) is 31.9 Å². The number of likely N-dealkylation sites (tertiary alicyclic amines) is 1. The third-order valence-electron chi connectivity index (χ3n) is 8.43. The third-order valence-corrected chi connectivity index (χ3v) is 9.89. The molecule has 0 saturated carbocycles. The second-order valence-corrected chi connectivity index (χ2v) is 13.1. The normalized spacial score (nSPS) is 21.7. The number of alkyl halides is 3. The van der Waals surface area contributed by atoms with Crippen molar-refractivity contribution in [3.63, 3.8) is 0 Å². The Hall–Kier alpha value is -3.28. The topological polar surface area (TPSA) is 73.0 Å². The zero-order chi connectivity index (χ0) is 30.9.